The first-order valence-electron chi connectivity index (χ1n) is 7.70. The molecule has 2 aromatic carbocycles. The Morgan fingerprint density at radius 2 is 1.88 bits per heavy atom. The molecule has 0 atom stereocenters. The third-order valence-electron chi connectivity index (χ3n) is 3.36. The normalized spacial score (nSPS) is 10.4. The number of anilines is 1. The van der Waals surface area contributed by atoms with E-state index in [4.69, 9.17) is 9.15 Å². The van der Waals surface area contributed by atoms with Crippen LogP contribution >= 0.6 is 11.8 Å². The Balaban J connectivity index is 1.46. The molecule has 1 aromatic heterocycles. The van der Waals surface area contributed by atoms with Crippen molar-refractivity contribution in [2.24, 2.45) is 0 Å². The van der Waals surface area contributed by atoms with Crippen molar-refractivity contribution in [2.75, 3.05) is 18.2 Å². The maximum Gasteiger partial charge on any atom is 0.276 e. The number of amides is 1. The second-order valence-electron chi connectivity index (χ2n) is 5.11. The zero-order valence-electron chi connectivity index (χ0n) is 13.6. The quantitative estimate of drug-likeness (QED) is 0.648. The highest BCUT2D eigenvalue weighted by atomic mass is 32.2. The fraction of sp³-hybridized carbons (Fsp3) is 0.167. The predicted octanol–water partition coefficient (Wildman–Crippen LogP) is 3.87. The molecule has 0 fully saturated rings. The second kappa shape index (κ2) is 8.34. The Kier molecular flexibility index (Phi) is 5.69. The average Bonchev–Trinajstić information content (AvgIpc) is 3.12. The summed E-state index contributed by atoms with van der Waals surface area (Å²) < 4.78 is 10.7. The van der Waals surface area contributed by atoms with Crippen LogP contribution in [0.3, 0.4) is 0 Å². The standard InChI is InChI=1S/C18H17N3O3S/c1-23-15-9-7-14(8-10-15)19-16(22)11-12-25-18-21-20-17(24-18)13-5-3-2-4-6-13/h2-10H,11-12H2,1H3,(H,19,22). The predicted molar refractivity (Wildman–Crippen MR) is 96.7 cm³/mol. The van der Waals surface area contributed by atoms with Gasteiger partial charge >= 0.3 is 0 Å². The van der Waals surface area contributed by atoms with Crippen LogP contribution in [0.25, 0.3) is 11.5 Å². The number of aromatic nitrogens is 2. The van der Waals surface area contributed by atoms with Crippen LogP contribution in [0.15, 0.2) is 64.2 Å². The van der Waals surface area contributed by atoms with E-state index in [1.165, 1.54) is 11.8 Å². The molecule has 0 saturated carbocycles. The number of thioether (sulfide) groups is 1. The number of benzene rings is 2. The maximum atomic E-state index is 12.0. The lowest BCUT2D eigenvalue weighted by Gasteiger charge is -2.05. The lowest BCUT2D eigenvalue weighted by atomic mass is 10.2. The lowest BCUT2D eigenvalue weighted by Crippen LogP contribution is -2.12. The summed E-state index contributed by atoms with van der Waals surface area (Å²) in [5.41, 5.74) is 1.61. The third kappa shape index (κ3) is 4.84. The molecule has 0 aliphatic rings. The van der Waals surface area contributed by atoms with Crippen molar-refractivity contribution in [1.29, 1.82) is 0 Å². The Morgan fingerprint density at radius 3 is 2.60 bits per heavy atom. The number of nitrogens with one attached hydrogen (secondary N) is 1. The molecule has 0 unspecified atom stereocenters. The molecule has 0 spiro atoms. The number of carbonyl (C=O) groups excluding carboxylic acids is 1. The summed E-state index contributed by atoms with van der Waals surface area (Å²) in [5, 5.41) is 11.3. The summed E-state index contributed by atoms with van der Waals surface area (Å²) in [6.07, 6.45) is 0.347. The first kappa shape index (κ1) is 17.0. The molecule has 1 N–H and O–H groups in total. The number of carbonyl (C=O) groups is 1. The van der Waals surface area contributed by atoms with Gasteiger partial charge in [0, 0.05) is 23.4 Å². The molecule has 25 heavy (non-hydrogen) atoms. The first-order valence-corrected chi connectivity index (χ1v) is 8.69. The Hall–Kier alpha value is -2.80. The Bertz CT molecular complexity index is 819. The van der Waals surface area contributed by atoms with Gasteiger partial charge in [0.05, 0.1) is 7.11 Å². The fourth-order valence-electron chi connectivity index (χ4n) is 2.09. The van der Waals surface area contributed by atoms with Crippen molar-refractivity contribution in [3.05, 3.63) is 54.6 Å². The molecule has 0 aliphatic carbocycles. The number of rotatable bonds is 7. The summed E-state index contributed by atoms with van der Waals surface area (Å²) in [4.78, 5) is 12.0. The molecule has 0 radical (unpaired) electrons. The van der Waals surface area contributed by atoms with Crippen LogP contribution in [0, 0.1) is 0 Å². The van der Waals surface area contributed by atoms with Crippen molar-refractivity contribution in [2.45, 2.75) is 11.6 Å². The maximum absolute atomic E-state index is 12.0. The van der Waals surface area contributed by atoms with Gasteiger partial charge in [-0.15, -0.1) is 10.2 Å². The minimum absolute atomic E-state index is 0.0690. The van der Waals surface area contributed by atoms with Crippen LogP contribution in [0.5, 0.6) is 5.75 Å². The zero-order chi connectivity index (χ0) is 17.5. The van der Waals surface area contributed by atoms with Crippen molar-refractivity contribution >= 4 is 23.4 Å². The van der Waals surface area contributed by atoms with Crippen LogP contribution in [0.2, 0.25) is 0 Å². The fourth-order valence-corrected chi connectivity index (χ4v) is 2.79. The van der Waals surface area contributed by atoms with E-state index in [-0.39, 0.29) is 5.91 Å². The van der Waals surface area contributed by atoms with E-state index >= 15 is 0 Å². The van der Waals surface area contributed by atoms with Crippen LogP contribution in [-0.4, -0.2) is 29.0 Å². The van der Waals surface area contributed by atoms with Crippen molar-refractivity contribution in [3.63, 3.8) is 0 Å². The third-order valence-corrected chi connectivity index (χ3v) is 4.18. The van der Waals surface area contributed by atoms with Gasteiger partial charge in [0.2, 0.25) is 11.8 Å². The summed E-state index contributed by atoms with van der Waals surface area (Å²) in [6, 6.07) is 16.8. The van der Waals surface area contributed by atoms with Crippen molar-refractivity contribution < 1.29 is 13.9 Å². The van der Waals surface area contributed by atoms with E-state index in [0.29, 0.717) is 23.3 Å². The van der Waals surface area contributed by atoms with E-state index in [0.717, 1.165) is 17.0 Å². The molecular formula is C18H17N3O3S. The molecule has 3 rings (SSSR count). The molecule has 3 aromatic rings. The van der Waals surface area contributed by atoms with Crippen molar-refractivity contribution in [3.8, 4) is 17.2 Å². The minimum atomic E-state index is -0.0690. The van der Waals surface area contributed by atoms with Gasteiger partial charge in [0.1, 0.15) is 5.75 Å². The largest absolute Gasteiger partial charge is 0.497 e. The van der Waals surface area contributed by atoms with Gasteiger partial charge in [-0.05, 0) is 36.4 Å². The van der Waals surface area contributed by atoms with Gasteiger partial charge in [-0.2, -0.15) is 0 Å². The van der Waals surface area contributed by atoms with E-state index in [1.807, 2.05) is 30.3 Å². The highest BCUT2D eigenvalue weighted by Gasteiger charge is 2.10. The molecule has 1 heterocycles. The Labute approximate surface area is 149 Å². The van der Waals surface area contributed by atoms with Gasteiger partial charge in [0.15, 0.2) is 0 Å². The molecule has 7 heteroatoms. The highest BCUT2D eigenvalue weighted by Crippen LogP contribution is 2.23. The SMILES string of the molecule is COc1ccc(NC(=O)CCSc2nnc(-c3ccccc3)o2)cc1. The van der Waals surface area contributed by atoms with Gasteiger partial charge in [-0.25, -0.2) is 0 Å². The number of hydrogen-bond donors (Lipinski definition) is 1. The van der Waals surface area contributed by atoms with Gasteiger partial charge in [0.25, 0.3) is 5.22 Å². The molecule has 128 valence electrons. The second-order valence-corrected chi connectivity index (χ2v) is 6.16. The van der Waals surface area contributed by atoms with Crippen LogP contribution in [0.4, 0.5) is 5.69 Å². The monoisotopic (exact) mass is 355 g/mol. The minimum Gasteiger partial charge on any atom is -0.497 e. The van der Waals surface area contributed by atoms with Crippen LogP contribution in [-0.2, 0) is 4.79 Å². The first-order chi connectivity index (χ1) is 12.2. The molecule has 6 nitrogen and oxygen atoms in total. The molecular weight excluding hydrogens is 338 g/mol. The number of methoxy groups -OCH3 is 1. The molecule has 0 saturated heterocycles. The smallest absolute Gasteiger partial charge is 0.276 e. The van der Waals surface area contributed by atoms with Gasteiger partial charge in [-0.3, -0.25) is 4.79 Å². The zero-order valence-corrected chi connectivity index (χ0v) is 14.5. The molecule has 0 aliphatic heterocycles. The summed E-state index contributed by atoms with van der Waals surface area (Å²) >= 11 is 1.36. The van der Waals surface area contributed by atoms with E-state index in [1.54, 1.807) is 31.4 Å². The van der Waals surface area contributed by atoms with E-state index in [2.05, 4.69) is 15.5 Å². The highest BCUT2D eigenvalue weighted by molar-refractivity contribution is 7.99. The number of hydrogen-bond acceptors (Lipinski definition) is 6. The summed E-state index contributed by atoms with van der Waals surface area (Å²) in [5.74, 6) is 1.71. The lowest BCUT2D eigenvalue weighted by molar-refractivity contribution is -0.115. The number of ether oxygens (including phenoxy) is 1. The Morgan fingerprint density at radius 1 is 1.12 bits per heavy atom. The van der Waals surface area contributed by atoms with E-state index < -0.39 is 0 Å². The average molecular weight is 355 g/mol. The number of nitrogens with zero attached hydrogens (tertiary/aromatic N) is 2. The summed E-state index contributed by atoms with van der Waals surface area (Å²) in [7, 11) is 1.60. The van der Waals surface area contributed by atoms with Crippen LogP contribution < -0.4 is 10.1 Å². The van der Waals surface area contributed by atoms with Gasteiger partial charge < -0.3 is 14.5 Å². The molecule has 1 amide bonds. The topological polar surface area (TPSA) is 77.2 Å². The molecule has 0 bridgehead atoms. The van der Waals surface area contributed by atoms with Crippen molar-refractivity contribution in [1.82, 2.24) is 10.2 Å². The van der Waals surface area contributed by atoms with E-state index in [9.17, 15) is 4.79 Å². The van der Waals surface area contributed by atoms with Crippen LogP contribution in [0.1, 0.15) is 6.42 Å². The van der Waals surface area contributed by atoms with Gasteiger partial charge in [-0.1, -0.05) is 30.0 Å². The summed E-state index contributed by atoms with van der Waals surface area (Å²) in [6.45, 7) is 0.